The van der Waals surface area contributed by atoms with Gasteiger partial charge in [0.25, 0.3) is 0 Å². The van der Waals surface area contributed by atoms with Gasteiger partial charge in [0.05, 0.1) is 21.4 Å². The molecule has 0 radical (unpaired) electrons. The van der Waals surface area contributed by atoms with Crippen LogP contribution in [-0.2, 0) is 4.79 Å². The molecular weight excluding hydrogens is 319 g/mol. The van der Waals surface area contributed by atoms with Gasteiger partial charge in [-0.1, -0.05) is 59.6 Å². The van der Waals surface area contributed by atoms with Crippen LogP contribution in [0.25, 0.3) is 6.08 Å². The van der Waals surface area contributed by atoms with Crippen molar-refractivity contribution in [1.82, 2.24) is 0 Å². The molecule has 1 N–H and O–H groups in total. The summed E-state index contributed by atoms with van der Waals surface area (Å²) in [7, 11) is 0. The molecule has 1 amide bonds. The zero-order valence-electron chi connectivity index (χ0n) is 11.5. The molecule has 3 rings (SSSR count). The highest BCUT2D eigenvalue weighted by molar-refractivity contribution is 6.43. The van der Waals surface area contributed by atoms with Crippen LogP contribution < -0.4 is 5.32 Å². The van der Waals surface area contributed by atoms with Gasteiger partial charge in [-0.2, -0.15) is 0 Å². The molecule has 110 valence electrons. The lowest BCUT2D eigenvalue weighted by atomic mass is 10.1. The normalized spacial score (nSPS) is 14.3. The predicted molar refractivity (Wildman–Crippen MR) is 92.0 cm³/mol. The highest BCUT2D eigenvalue weighted by Gasteiger charge is 2.14. The summed E-state index contributed by atoms with van der Waals surface area (Å²) < 4.78 is 0. The third-order valence-electron chi connectivity index (χ3n) is 3.27. The summed E-state index contributed by atoms with van der Waals surface area (Å²) in [6, 6.07) is 13.0. The van der Waals surface area contributed by atoms with Crippen molar-refractivity contribution in [3.05, 3.63) is 69.7 Å². The number of carbonyl (C=O) groups is 1. The van der Waals surface area contributed by atoms with Gasteiger partial charge in [-0.3, -0.25) is 9.79 Å². The number of benzene rings is 2. The van der Waals surface area contributed by atoms with E-state index >= 15 is 0 Å². The maximum atomic E-state index is 11.7. The molecule has 0 spiro atoms. The fourth-order valence-corrected chi connectivity index (χ4v) is 2.58. The van der Waals surface area contributed by atoms with E-state index in [-0.39, 0.29) is 12.5 Å². The number of anilines is 1. The topological polar surface area (TPSA) is 41.5 Å². The number of aliphatic imine (C=N–C) groups is 1. The monoisotopic (exact) mass is 330 g/mol. The lowest BCUT2D eigenvalue weighted by Gasteiger charge is -2.06. The molecule has 0 unspecified atom stereocenters. The van der Waals surface area contributed by atoms with Gasteiger partial charge in [0.15, 0.2) is 0 Å². The third-order valence-corrected chi connectivity index (χ3v) is 4.11. The van der Waals surface area contributed by atoms with E-state index < -0.39 is 0 Å². The van der Waals surface area contributed by atoms with Crippen LogP contribution in [0.2, 0.25) is 10.0 Å². The second-order valence-corrected chi connectivity index (χ2v) is 5.56. The first kappa shape index (κ1) is 14.8. The Morgan fingerprint density at radius 3 is 2.73 bits per heavy atom. The SMILES string of the molecule is O=C1CN=C(/C=C/c2cccc(Cl)c2Cl)c2ccccc2N1. The molecule has 1 aliphatic heterocycles. The van der Waals surface area contributed by atoms with Crippen molar-refractivity contribution in [2.24, 2.45) is 4.99 Å². The quantitative estimate of drug-likeness (QED) is 0.868. The van der Waals surface area contributed by atoms with Crippen molar-refractivity contribution in [2.45, 2.75) is 0 Å². The molecule has 3 nitrogen and oxygen atoms in total. The van der Waals surface area contributed by atoms with Crippen molar-refractivity contribution in [1.29, 1.82) is 0 Å². The summed E-state index contributed by atoms with van der Waals surface area (Å²) in [6.45, 7) is 0.0949. The zero-order chi connectivity index (χ0) is 15.5. The average molecular weight is 331 g/mol. The van der Waals surface area contributed by atoms with Gasteiger partial charge in [0.2, 0.25) is 5.91 Å². The first-order valence-electron chi connectivity index (χ1n) is 6.71. The Bertz CT molecular complexity index is 797. The number of benzodiazepines with no additional fused rings is 1. The first-order valence-corrected chi connectivity index (χ1v) is 7.46. The minimum Gasteiger partial charge on any atom is -0.324 e. The second-order valence-electron chi connectivity index (χ2n) is 4.77. The molecule has 0 fully saturated rings. The maximum Gasteiger partial charge on any atom is 0.246 e. The van der Waals surface area contributed by atoms with E-state index in [2.05, 4.69) is 10.3 Å². The number of carbonyl (C=O) groups excluding carboxylic acids is 1. The molecule has 0 saturated carbocycles. The fourth-order valence-electron chi connectivity index (χ4n) is 2.21. The molecule has 0 atom stereocenters. The molecule has 1 heterocycles. The van der Waals surface area contributed by atoms with Crippen LogP contribution in [0.5, 0.6) is 0 Å². The summed E-state index contributed by atoms with van der Waals surface area (Å²) in [5.41, 5.74) is 3.16. The van der Waals surface area contributed by atoms with Gasteiger partial charge in [0, 0.05) is 5.56 Å². The van der Waals surface area contributed by atoms with E-state index in [1.807, 2.05) is 48.6 Å². The zero-order valence-corrected chi connectivity index (χ0v) is 13.0. The number of rotatable bonds is 2. The lowest BCUT2D eigenvalue weighted by Crippen LogP contribution is -2.13. The predicted octanol–water partition coefficient (Wildman–Crippen LogP) is 4.45. The standard InChI is InChI=1S/C17H12Cl2N2O/c18-13-6-3-4-11(17(13)19)8-9-14-12-5-1-2-7-15(12)21-16(22)10-20-14/h1-9H,10H2,(H,21,22)/b9-8+. The highest BCUT2D eigenvalue weighted by Crippen LogP contribution is 2.27. The van der Waals surface area contributed by atoms with Gasteiger partial charge in [-0.25, -0.2) is 0 Å². The Kier molecular flexibility index (Phi) is 4.27. The van der Waals surface area contributed by atoms with Crippen molar-refractivity contribution in [3.63, 3.8) is 0 Å². The van der Waals surface area contributed by atoms with Crippen molar-refractivity contribution < 1.29 is 4.79 Å². The fraction of sp³-hybridized carbons (Fsp3) is 0.0588. The Morgan fingerprint density at radius 1 is 1.05 bits per heavy atom. The molecule has 2 aromatic carbocycles. The second kappa shape index (κ2) is 6.34. The maximum absolute atomic E-state index is 11.7. The van der Waals surface area contributed by atoms with Crippen LogP contribution in [0.1, 0.15) is 11.1 Å². The van der Waals surface area contributed by atoms with E-state index in [9.17, 15) is 4.79 Å². The summed E-state index contributed by atoms with van der Waals surface area (Å²) in [5, 5.41) is 3.84. The molecule has 2 aromatic rings. The lowest BCUT2D eigenvalue weighted by molar-refractivity contribution is -0.114. The summed E-state index contributed by atoms with van der Waals surface area (Å²) in [6.07, 6.45) is 3.69. The number of halogens is 2. The Balaban J connectivity index is 1.99. The minimum absolute atomic E-state index is 0.0949. The molecule has 5 heteroatoms. The van der Waals surface area contributed by atoms with Crippen LogP contribution in [0.15, 0.2) is 53.5 Å². The smallest absolute Gasteiger partial charge is 0.246 e. The molecular formula is C17H12Cl2N2O. The molecule has 0 aliphatic carbocycles. The Hall–Kier alpha value is -2.10. The highest BCUT2D eigenvalue weighted by atomic mass is 35.5. The van der Waals surface area contributed by atoms with E-state index in [0.717, 1.165) is 22.5 Å². The van der Waals surface area contributed by atoms with Crippen LogP contribution >= 0.6 is 23.2 Å². The summed E-state index contributed by atoms with van der Waals surface area (Å²) in [5.74, 6) is -0.128. The van der Waals surface area contributed by atoms with Gasteiger partial charge in [0.1, 0.15) is 6.54 Å². The van der Waals surface area contributed by atoms with Crippen LogP contribution in [0, 0.1) is 0 Å². The Morgan fingerprint density at radius 2 is 1.86 bits per heavy atom. The van der Waals surface area contributed by atoms with E-state index in [0.29, 0.717) is 10.0 Å². The third kappa shape index (κ3) is 3.06. The van der Waals surface area contributed by atoms with Crippen LogP contribution in [-0.4, -0.2) is 18.2 Å². The molecule has 0 saturated heterocycles. The van der Waals surface area contributed by atoms with Gasteiger partial charge < -0.3 is 5.32 Å². The van der Waals surface area contributed by atoms with Gasteiger partial charge in [-0.15, -0.1) is 0 Å². The van der Waals surface area contributed by atoms with Gasteiger partial charge >= 0.3 is 0 Å². The number of amides is 1. The van der Waals surface area contributed by atoms with Crippen LogP contribution in [0.4, 0.5) is 5.69 Å². The molecule has 0 aromatic heterocycles. The summed E-state index contributed by atoms with van der Waals surface area (Å²) >= 11 is 12.2. The number of allylic oxidation sites excluding steroid dienone is 1. The molecule has 0 bridgehead atoms. The Labute approximate surface area is 138 Å². The van der Waals surface area contributed by atoms with Gasteiger partial charge in [-0.05, 0) is 23.8 Å². The number of hydrogen-bond acceptors (Lipinski definition) is 2. The molecule has 22 heavy (non-hydrogen) atoms. The van der Waals surface area contributed by atoms with E-state index in [1.165, 1.54) is 0 Å². The largest absolute Gasteiger partial charge is 0.324 e. The van der Waals surface area contributed by atoms with E-state index in [4.69, 9.17) is 23.2 Å². The number of nitrogens with zero attached hydrogens (tertiary/aromatic N) is 1. The number of hydrogen-bond donors (Lipinski definition) is 1. The average Bonchev–Trinajstić information content (AvgIpc) is 2.67. The number of nitrogens with one attached hydrogen (secondary N) is 1. The van der Waals surface area contributed by atoms with E-state index in [1.54, 1.807) is 6.07 Å². The van der Waals surface area contributed by atoms with Crippen molar-refractivity contribution in [2.75, 3.05) is 11.9 Å². The van der Waals surface area contributed by atoms with Crippen LogP contribution in [0.3, 0.4) is 0 Å². The summed E-state index contributed by atoms with van der Waals surface area (Å²) in [4.78, 5) is 16.0. The molecule has 1 aliphatic rings. The number of fused-ring (bicyclic) bond motifs is 1. The first-order chi connectivity index (χ1) is 10.6. The van der Waals surface area contributed by atoms with Crippen molar-refractivity contribution in [3.8, 4) is 0 Å². The minimum atomic E-state index is -0.128. The number of para-hydroxylation sites is 1. The van der Waals surface area contributed by atoms with Crippen molar-refractivity contribution >= 4 is 46.6 Å².